The van der Waals surface area contributed by atoms with Crippen LogP contribution in [-0.2, 0) is 11.2 Å². The summed E-state index contributed by atoms with van der Waals surface area (Å²) in [5.74, 6) is 1.11. The summed E-state index contributed by atoms with van der Waals surface area (Å²) in [5.41, 5.74) is 5.00. The highest BCUT2D eigenvalue weighted by atomic mass is 16.5. The molecule has 132 valence electrons. The van der Waals surface area contributed by atoms with Crippen molar-refractivity contribution in [1.29, 1.82) is 0 Å². The Kier molecular flexibility index (Phi) is 5.42. The van der Waals surface area contributed by atoms with Crippen molar-refractivity contribution in [3.63, 3.8) is 0 Å². The van der Waals surface area contributed by atoms with E-state index in [1.807, 2.05) is 12.1 Å². The number of aryl methyl sites for hydroxylation is 3. The van der Waals surface area contributed by atoms with Gasteiger partial charge >= 0.3 is 0 Å². The van der Waals surface area contributed by atoms with Gasteiger partial charge in [-0.2, -0.15) is 0 Å². The first-order chi connectivity index (χ1) is 12.1. The Bertz CT molecular complexity index is 753. The van der Waals surface area contributed by atoms with Crippen molar-refractivity contribution in [2.24, 2.45) is 0 Å². The fourth-order valence-electron chi connectivity index (χ4n) is 3.77. The van der Waals surface area contributed by atoms with Gasteiger partial charge in [-0.1, -0.05) is 35.9 Å². The molecule has 1 saturated heterocycles. The van der Waals surface area contributed by atoms with Crippen molar-refractivity contribution < 1.29 is 9.53 Å². The number of ether oxygens (including phenoxy) is 1. The monoisotopic (exact) mass is 337 g/mol. The Morgan fingerprint density at radius 2 is 2.04 bits per heavy atom. The van der Waals surface area contributed by atoms with Gasteiger partial charge in [0, 0.05) is 13.0 Å². The molecule has 1 aliphatic rings. The lowest BCUT2D eigenvalue weighted by Gasteiger charge is -2.25. The van der Waals surface area contributed by atoms with Crippen molar-refractivity contribution in [2.45, 2.75) is 45.6 Å². The van der Waals surface area contributed by atoms with E-state index in [-0.39, 0.29) is 11.9 Å². The average Bonchev–Trinajstić information content (AvgIpc) is 3.10. The molecule has 0 bridgehead atoms. The summed E-state index contributed by atoms with van der Waals surface area (Å²) in [5, 5.41) is 0. The number of likely N-dealkylation sites (tertiary alicyclic amines) is 1. The fraction of sp³-hybridized carbons (Fsp3) is 0.409. The maximum absolute atomic E-state index is 12.8. The first-order valence-corrected chi connectivity index (χ1v) is 9.08. The SMILES string of the molecule is COc1cccc(C2CCCN2C(=O)CCc2ccc(C)cc2C)c1. The summed E-state index contributed by atoms with van der Waals surface area (Å²) in [6, 6.07) is 14.8. The third-order valence-corrected chi connectivity index (χ3v) is 5.16. The molecule has 0 N–H and O–H groups in total. The van der Waals surface area contributed by atoms with E-state index in [2.05, 4.69) is 49.1 Å². The van der Waals surface area contributed by atoms with E-state index in [1.165, 1.54) is 22.3 Å². The zero-order chi connectivity index (χ0) is 17.8. The highest BCUT2D eigenvalue weighted by Gasteiger charge is 2.29. The second-order valence-electron chi connectivity index (χ2n) is 6.95. The molecule has 3 rings (SSSR count). The van der Waals surface area contributed by atoms with E-state index in [9.17, 15) is 4.79 Å². The van der Waals surface area contributed by atoms with Crippen LogP contribution < -0.4 is 4.74 Å². The molecule has 1 amide bonds. The maximum atomic E-state index is 12.8. The van der Waals surface area contributed by atoms with Crippen LogP contribution in [0.5, 0.6) is 5.75 Å². The molecule has 3 nitrogen and oxygen atoms in total. The van der Waals surface area contributed by atoms with Crippen molar-refractivity contribution in [3.05, 3.63) is 64.7 Å². The molecule has 1 heterocycles. The summed E-state index contributed by atoms with van der Waals surface area (Å²) in [6.45, 7) is 5.08. The van der Waals surface area contributed by atoms with Gasteiger partial charge in [0.15, 0.2) is 0 Å². The van der Waals surface area contributed by atoms with Crippen LogP contribution >= 0.6 is 0 Å². The Morgan fingerprint density at radius 3 is 2.80 bits per heavy atom. The first-order valence-electron chi connectivity index (χ1n) is 9.08. The van der Waals surface area contributed by atoms with Gasteiger partial charge in [0.1, 0.15) is 5.75 Å². The molecule has 3 heteroatoms. The van der Waals surface area contributed by atoms with E-state index >= 15 is 0 Å². The van der Waals surface area contributed by atoms with Crippen molar-refractivity contribution in [2.75, 3.05) is 13.7 Å². The summed E-state index contributed by atoms with van der Waals surface area (Å²) in [4.78, 5) is 14.9. The summed E-state index contributed by atoms with van der Waals surface area (Å²) < 4.78 is 5.33. The van der Waals surface area contributed by atoms with Gasteiger partial charge in [0.2, 0.25) is 5.91 Å². The lowest BCUT2D eigenvalue weighted by Crippen LogP contribution is -2.30. The van der Waals surface area contributed by atoms with Crippen LogP contribution in [-0.4, -0.2) is 24.5 Å². The molecule has 1 fully saturated rings. The zero-order valence-electron chi connectivity index (χ0n) is 15.4. The van der Waals surface area contributed by atoms with Gasteiger partial charge in [-0.05, 0) is 61.9 Å². The number of rotatable bonds is 5. The third-order valence-electron chi connectivity index (χ3n) is 5.16. The van der Waals surface area contributed by atoms with E-state index in [0.717, 1.165) is 31.6 Å². The van der Waals surface area contributed by atoms with Crippen molar-refractivity contribution >= 4 is 5.91 Å². The quantitative estimate of drug-likeness (QED) is 0.797. The van der Waals surface area contributed by atoms with E-state index in [1.54, 1.807) is 7.11 Å². The summed E-state index contributed by atoms with van der Waals surface area (Å²) >= 11 is 0. The average molecular weight is 337 g/mol. The Balaban J connectivity index is 1.68. The number of nitrogens with zero attached hydrogens (tertiary/aromatic N) is 1. The molecule has 0 radical (unpaired) electrons. The van der Waals surface area contributed by atoms with Crippen LogP contribution in [0.4, 0.5) is 0 Å². The molecule has 0 spiro atoms. The van der Waals surface area contributed by atoms with Crippen molar-refractivity contribution in [1.82, 2.24) is 4.90 Å². The van der Waals surface area contributed by atoms with Gasteiger partial charge in [-0.3, -0.25) is 4.79 Å². The molecule has 1 aliphatic heterocycles. The zero-order valence-corrected chi connectivity index (χ0v) is 15.4. The van der Waals surface area contributed by atoms with Gasteiger partial charge in [-0.25, -0.2) is 0 Å². The highest BCUT2D eigenvalue weighted by Crippen LogP contribution is 2.34. The molecule has 1 unspecified atom stereocenters. The Morgan fingerprint density at radius 1 is 1.20 bits per heavy atom. The van der Waals surface area contributed by atoms with Crippen LogP contribution in [0.15, 0.2) is 42.5 Å². The Labute approximate surface area is 150 Å². The second-order valence-corrected chi connectivity index (χ2v) is 6.95. The fourth-order valence-corrected chi connectivity index (χ4v) is 3.77. The molecule has 2 aromatic rings. The highest BCUT2D eigenvalue weighted by molar-refractivity contribution is 5.77. The number of hydrogen-bond acceptors (Lipinski definition) is 2. The number of hydrogen-bond donors (Lipinski definition) is 0. The predicted molar refractivity (Wildman–Crippen MR) is 101 cm³/mol. The minimum absolute atomic E-state index is 0.182. The van der Waals surface area contributed by atoms with Crippen LogP contribution in [0.1, 0.15) is 47.6 Å². The second kappa shape index (κ2) is 7.73. The minimum Gasteiger partial charge on any atom is -0.497 e. The van der Waals surface area contributed by atoms with E-state index in [4.69, 9.17) is 4.74 Å². The predicted octanol–water partition coefficient (Wildman–Crippen LogP) is 4.61. The molecular weight excluding hydrogens is 310 g/mol. The normalized spacial score (nSPS) is 16.9. The first kappa shape index (κ1) is 17.5. The Hall–Kier alpha value is -2.29. The molecular formula is C22H27NO2. The summed E-state index contributed by atoms with van der Waals surface area (Å²) in [7, 11) is 1.68. The topological polar surface area (TPSA) is 29.5 Å². The molecule has 25 heavy (non-hydrogen) atoms. The number of carbonyl (C=O) groups is 1. The maximum Gasteiger partial charge on any atom is 0.223 e. The largest absolute Gasteiger partial charge is 0.497 e. The molecule has 0 aliphatic carbocycles. The van der Waals surface area contributed by atoms with Gasteiger partial charge in [0.05, 0.1) is 13.2 Å². The van der Waals surface area contributed by atoms with Gasteiger partial charge < -0.3 is 9.64 Å². The minimum atomic E-state index is 0.182. The molecule has 2 aromatic carbocycles. The summed E-state index contributed by atoms with van der Waals surface area (Å²) in [6.07, 6.45) is 3.48. The van der Waals surface area contributed by atoms with Crippen LogP contribution in [0.25, 0.3) is 0 Å². The smallest absolute Gasteiger partial charge is 0.223 e. The van der Waals surface area contributed by atoms with Crippen molar-refractivity contribution in [3.8, 4) is 5.75 Å². The van der Waals surface area contributed by atoms with Gasteiger partial charge in [0.25, 0.3) is 0 Å². The van der Waals surface area contributed by atoms with Crippen LogP contribution in [0, 0.1) is 13.8 Å². The molecule has 1 atom stereocenters. The van der Waals surface area contributed by atoms with E-state index < -0.39 is 0 Å². The third kappa shape index (κ3) is 4.04. The lowest BCUT2D eigenvalue weighted by molar-refractivity contribution is -0.132. The molecule has 0 aromatic heterocycles. The van der Waals surface area contributed by atoms with Crippen LogP contribution in [0.2, 0.25) is 0 Å². The van der Waals surface area contributed by atoms with E-state index in [0.29, 0.717) is 6.42 Å². The number of amides is 1. The van der Waals surface area contributed by atoms with Crippen LogP contribution in [0.3, 0.4) is 0 Å². The molecule has 0 saturated carbocycles. The lowest BCUT2D eigenvalue weighted by atomic mass is 10.0. The number of methoxy groups -OCH3 is 1. The number of carbonyl (C=O) groups excluding carboxylic acids is 1. The number of benzene rings is 2. The standard InChI is InChI=1S/C22H27NO2/c1-16-9-10-18(17(2)14-16)11-12-22(24)23-13-5-8-21(23)19-6-4-7-20(15-19)25-3/h4,6-7,9-10,14-15,21H,5,8,11-13H2,1-3H3. The van der Waals surface area contributed by atoms with Gasteiger partial charge in [-0.15, -0.1) is 0 Å².